The maximum absolute atomic E-state index is 6.23. The summed E-state index contributed by atoms with van der Waals surface area (Å²) in [5.74, 6) is 1.41. The Hall–Kier alpha value is -3.69. The molecule has 0 bridgehead atoms. The number of aromatic amines is 1. The van der Waals surface area contributed by atoms with E-state index in [9.17, 15) is 0 Å². The van der Waals surface area contributed by atoms with E-state index in [2.05, 4.69) is 46.6 Å². The fraction of sp³-hybridized carbons (Fsp3) is 0.0833. The minimum absolute atomic E-state index is 0.279. The largest absolute Gasteiger partial charge is 0.493 e. The molecular formula is C24H18BrClN6O2. The highest BCUT2D eigenvalue weighted by molar-refractivity contribution is 9.10. The predicted molar refractivity (Wildman–Crippen MR) is 137 cm³/mol. The number of hydrogen-bond donors (Lipinski definition) is 2. The van der Waals surface area contributed by atoms with Crippen molar-refractivity contribution in [3.63, 3.8) is 0 Å². The second kappa shape index (κ2) is 9.66. The fourth-order valence-corrected chi connectivity index (χ4v) is 4.22. The molecule has 0 amide bonds. The normalized spacial score (nSPS) is 11.4. The zero-order valence-electron chi connectivity index (χ0n) is 17.9. The van der Waals surface area contributed by atoms with Crippen molar-refractivity contribution in [2.24, 2.45) is 5.10 Å². The molecule has 170 valence electrons. The summed E-state index contributed by atoms with van der Waals surface area (Å²) >= 11 is 9.78. The van der Waals surface area contributed by atoms with Crippen molar-refractivity contribution in [1.29, 1.82) is 0 Å². The molecule has 5 rings (SSSR count). The number of methoxy groups -OCH3 is 1. The third-order valence-corrected chi connectivity index (χ3v) is 6.04. The molecule has 2 N–H and O–H groups in total. The van der Waals surface area contributed by atoms with E-state index >= 15 is 0 Å². The number of halogens is 2. The summed E-state index contributed by atoms with van der Waals surface area (Å²) in [7, 11) is 1.58. The van der Waals surface area contributed by atoms with Gasteiger partial charge in [0.2, 0.25) is 0 Å². The van der Waals surface area contributed by atoms with Gasteiger partial charge in [0, 0.05) is 21.5 Å². The minimum atomic E-state index is 0.279. The molecule has 0 radical (unpaired) electrons. The standard InChI is InChI=1S/C24H18BrClN6O2/c1-33-20-11-14(10-17(25)22(20)34-13-15-6-2-4-8-18(15)26)12-27-31-24-29-23-21(30-32-24)16-7-3-5-9-19(16)28-23/h2-12H,13H2,1H3,(H2,28,29,31,32)/b27-12+. The molecule has 0 fully saturated rings. The second-order valence-corrected chi connectivity index (χ2v) is 8.55. The number of para-hydroxylation sites is 1. The van der Waals surface area contributed by atoms with Gasteiger partial charge in [-0.15, -0.1) is 10.2 Å². The van der Waals surface area contributed by atoms with E-state index in [0.717, 1.165) is 26.5 Å². The van der Waals surface area contributed by atoms with Gasteiger partial charge in [0.05, 0.1) is 17.8 Å². The quantitative estimate of drug-likeness (QED) is 0.196. The number of anilines is 1. The van der Waals surface area contributed by atoms with Crippen molar-refractivity contribution in [1.82, 2.24) is 20.2 Å². The van der Waals surface area contributed by atoms with Crippen LogP contribution in [-0.2, 0) is 6.61 Å². The van der Waals surface area contributed by atoms with Crippen LogP contribution in [0.15, 0.2) is 70.2 Å². The topological polar surface area (TPSA) is 97.3 Å². The fourth-order valence-electron chi connectivity index (χ4n) is 3.45. The third-order valence-electron chi connectivity index (χ3n) is 5.08. The first-order valence-corrected chi connectivity index (χ1v) is 11.4. The van der Waals surface area contributed by atoms with Gasteiger partial charge in [-0.25, -0.2) is 5.43 Å². The van der Waals surface area contributed by atoms with Gasteiger partial charge in [-0.1, -0.05) is 48.0 Å². The number of ether oxygens (including phenoxy) is 2. The Morgan fingerprint density at radius 1 is 1.12 bits per heavy atom. The van der Waals surface area contributed by atoms with E-state index < -0.39 is 0 Å². The van der Waals surface area contributed by atoms with E-state index in [1.807, 2.05) is 60.7 Å². The van der Waals surface area contributed by atoms with Crippen molar-refractivity contribution in [3.05, 3.63) is 81.3 Å². The van der Waals surface area contributed by atoms with Gasteiger partial charge in [0.1, 0.15) is 12.1 Å². The van der Waals surface area contributed by atoms with Crippen LogP contribution in [0.5, 0.6) is 11.5 Å². The molecule has 8 nitrogen and oxygen atoms in total. The van der Waals surface area contributed by atoms with Gasteiger partial charge in [0.15, 0.2) is 17.1 Å². The first-order chi connectivity index (χ1) is 16.6. The van der Waals surface area contributed by atoms with Crippen LogP contribution in [-0.4, -0.2) is 33.5 Å². The van der Waals surface area contributed by atoms with Gasteiger partial charge < -0.3 is 14.5 Å². The summed E-state index contributed by atoms with van der Waals surface area (Å²) in [6.45, 7) is 0.310. The SMILES string of the molecule is COc1cc(/C=N/Nc2nnc3c(n2)[nH]c2ccccc23)cc(Br)c1OCc1ccccc1Cl. The first-order valence-electron chi connectivity index (χ1n) is 10.3. The Balaban J connectivity index is 1.32. The predicted octanol–water partition coefficient (Wildman–Crippen LogP) is 5.96. The van der Waals surface area contributed by atoms with Gasteiger partial charge in [0.25, 0.3) is 5.95 Å². The van der Waals surface area contributed by atoms with Crippen LogP contribution in [0.1, 0.15) is 11.1 Å². The molecular weight excluding hydrogens is 520 g/mol. The third kappa shape index (κ3) is 4.52. The number of nitrogens with zero attached hydrogens (tertiary/aromatic N) is 4. The van der Waals surface area contributed by atoms with Gasteiger partial charge in [-0.2, -0.15) is 10.1 Å². The summed E-state index contributed by atoms with van der Waals surface area (Å²) in [5, 5.41) is 14.2. The van der Waals surface area contributed by atoms with Crippen LogP contribution < -0.4 is 14.9 Å². The Kier molecular flexibility index (Phi) is 6.29. The van der Waals surface area contributed by atoms with Gasteiger partial charge in [-0.05, 0) is 45.8 Å². The Morgan fingerprint density at radius 2 is 1.94 bits per heavy atom. The molecule has 0 atom stereocenters. The maximum atomic E-state index is 6.23. The molecule has 5 aromatic rings. The Labute approximate surface area is 208 Å². The van der Waals surface area contributed by atoms with E-state index in [1.54, 1.807) is 13.3 Å². The summed E-state index contributed by atoms with van der Waals surface area (Å²) < 4.78 is 12.2. The summed E-state index contributed by atoms with van der Waals surface area (Å²) in [4.78, 5) is 7.68. The number of fused-ring (bicyclic) bond motifs is 3. The lowest BCUT2D eigenvalue weighted by atomic mass is 10.2. The second-order valence-electron chi connectivity index (χ2n) is 7.29. The lowest BCUT2D eigenvalue weighted by Gasteiger charge is -2.14. The van der Waals surface area contributed by atoms with Crippen molar-refractivity contribution in [2.75, 3.05) is 12.5 Å². The molecule has 0 aliphatic rings. The van der Waals surface area contributed by atoms with Crippen molar-refractivity contribution < 1.29 is 9.47 Å². The average molecular weight is 538 g/mol. The lowest BCUT2D eigenvalue weighted by molar-refractivity contribution is 0.282. The summed E-state index contributed by atoms with van der Waals surface area (Å²) in [6, 6.07) is 19.1. The summed E-state index contributed by atoms with van der Waals surface area (Å²) in [6.07, 6.45) is 1.63. The average Bonchev–Trinajstić information content (AvgIpc) is 3.22. The molecule has 0 aliphatic carbocycles. The zero-order chi connectivity index (χ0) is 23.5. The molecule has 0 saturated carbocycles. The molecule has 2 heterocycles. The number of rotatable bonds is 7. The highest BCUT2D eigenvalue weighted by Gasteiger charge is 2.13. The number of hydrogen-bond acceptors (Lipinski definition) is 7. The molecule has 34 heavy (non-hydrogen) atoms. The van der Waals surface area contributed by atoms with E-state index in [4.69, 9.17) is 21.1 Å². The molecule has 2 aromatic heterocycles. The highest BCUT2D eigenvalue weighted by Crippen LogP contribution is 2.37. The van der Waals surface area contributed by atoms with Crippen molar-refractivity contribution >= 4 is 61.8 Å². The molecule has 0 spiro atoms. The van der Waals surface area contributed by atoms with E-state index in [1.165, 1.54) is 0 Å². The molecule has 3 aromatic carbocycles. The minimum Gasteiger partial charge on any atom is -0.493 e. The van der Waals surface area contributed by atoms with Crippen LogP contribution in [0.4, 0.5) is 5.95 Å². The number of H-pyrrole nitrogens is 1. The number of hydrazone groups is 1. The van der Waals surface area contributed by atoms with Crippen LogP contribution in [0.2, 0.25) is 5.02 Å². The first kappa shape index (κ1) is 22.1. The molecule has 0 aliphatic heterocycles. The van der Waals surface area contributed by atoms with E-state index in [-0.39, 0.29) is 5.95 Å². The Morgan fingerprint density at radius 3 is 2.79 bits per heavy atom. The molecule has 0 saturated heterocycles. The highest BCUT2D eigenvalue weighted by atomic mass is 79.9. The number of benzene rings is 3. The van der Waals surface area contributed by atoms with Crippen LogP contribution >= 0.6 is 27.5 Å². The van der Waals surface area contributed by atoms with Crippen molar-refractivity contribution in [2.45, 2.75) is 6.61 Å². The van der Waals surface area contributed by atoms with Gasteiger partial charge in [-0.3, -0.25) is 0 Å². The molecule has 0 unspecified atom stereocenters. The summed E-state index contributed by atoms with van der Waals surface area (Å²) in [5.41, 5.74) is 6.78. The molecule has 10 heteroatoms. The van der Waals surface area contributed by atoms with Crippen LogP contribution in [0.25, 0.3) is 22.1 Å². The van der Waals surface area contributed by atoms with Crippen LogP contribution in [0.3, 0.4) is 0 Å². The Bertz CT molecular complexity index is 1520. The monoisotopic (exact) mass is 536 g/mol. The zero-order valence-corrected chi connectivity index (χ0v) is 20.3. The lowest BCUT2D eigenvalue weighted by Crippen LogP contribution is -2.01. The smallest absolute Gasteiger partial charge is 0.265 e. The maximum Gasteiger partial charge on any atom is 0.265 e. The van der Waals surface area contributed by atoms with Crippen molar-refractivity contribution in [3.8, 4) is 11.5 Å². The number of nitrogens with one attached hydrogen (secondary N) is 2. The van der Waals surface area contributed by atoms with Crippen LogP contribution in [0, 0.1) is 0 Å². The number of aromatic nitrogens is 4. The van der Waals surface area contributed by atoms with Gasteiger partial charge >= 0.3 is 0 Å². The van der Waals surface area contributed by atoms with E-state index in [0.29, 0.717) is 34.3 Å².